The molecule has 3 aromatic carbocycles. The van der Waals surface area contributed by atoms with Crippen molar-refractivity contribution in [2.75, 3.05) is 65.7 Å². The van der Waals surface area contributed by atoms with E-state index in [-0.39, 0.29) is 63.0 Å². The first-order valence-electron chi connectivity index (χ1n) is 23.2. The SMILES string of the molecule is C=CCO[C@@]12Oc3ccc(OC(=O)Nc4ccc(OC)cc4OC)cc3[C@H]3[C@H](CCCCO)[C@@H](CCCCO)C=C(C(=NOCC)C[C@@H]1N(CCC)C(=O)OCCOCc1ccccc1)[C@H]32. The summed E-state index contributed by atoms with van der Waals surface area (Å²) in [5, 5.41) is 27.4. The Hall–Kier alpha value is -5.61. The fourth-order valence-corrected chi connectivity index (χ4v) is 9.65. The van der Waals surface area contributed by atoms with Crippen LogP contribution in [-0.2, 0) is 25.7 Å². The molecule has 1 fully saturated rings. The third kappa shape index (κ3) is 11.9. The van der Waals surface area contributed by atoms with Crippen LogP contribution in [0.5, 0.6) is 23.0 Å². The molecule has 3 aliphatic rings. The molecule has 3 aromatic rings. The number of nitrogens with zero attached hydrogens (tertiary/aromatic N) is 2. The van der Waals surface area contributed by atoms with Crippen LogP contribution >= 0.6 is 0 Å². The van der Waals surface area contributed by atoms with Gasteiger partial charge in [0.05, 0.1) is 51.4 Å². The quantitative estimate of drug-likeness (QED) is 0.0419. The number of allylic oxidation sites excluding steroid dienone is 1. The molecule has 6 atom stereocenters. The van der Waals surface area contributed by atoms with Crippen LogP contribution < -0.4 is 24.3 Å². The molecule has 66 heavy (non-hydrogen) atoms. The van der Waals surface area contributed by atoms with E-state index in [0.717, 1.165) is 42.4 Å². The minimum Gasteiger partial charge on any atom is -0.497 e. The Bertz CT molecular complexity index is 2110. The minimum absolute atomic E-state index is 0.0147. The molecule has 2 amide bonds. The number of aliphatic hydroxyl groups excluding tert-OH is 2. The van der Waals surface area contributed by atoms with Gasteiger partial charge in [0.1, 0.15) is 42.3 Å². The highest BCUT2D eigenvalue weighted by Gasteiger charge is 2.65. The highest BCUT2D eigenvalue weighted by molar-refractivity contribution is 6.03. The van der Waals surface area contributed by atoms with Gasteiger partial charge in [-0.05, 0) is 92.3 Å². The van der Waals surface area contributed by atoms with Gasteiger partial charge in [0.15, 0.2) is 0 Å². The molecule has 358 valence electrons. The van der Waals surface area contributed by atoms with Gasteiger partial charge in [0.25, 0.3) is 0 Å². The van der Waals surface area contributed by atoms with Crippen LogP contribution in [0, 0.1) is 17.8 Å². The van der Waals surface area contributed by atoms with Gasteiger partial charge in [-0.15, -0.1) is 6.58 Å². The average Bonchev–Trinajstić information content (AvgIpc) is 3.33. The summed E-state index contributed by atoms with van der Waals surface area (Å²) in [6.07, 6.45) is 7.82. The van der Waals surface area contributed by atoms with Crippen molar-refractivity contribution in [2.24, 2.45) is 22.9 Å². The summed E-state index contributed by atoms with van der Waals surface area (Å²) in [5.41, 5.74) is 3.77. The topological polar surface area (TPSA) is 176 Å². The zero-order valence-corrected chi connectivity index (χ0v) is 38.8. The predicted molar refractivity (Wildman–Crippen MR) is 250 cm³/mol. The van der Waals surface area contributed by atoms with Crippen LogP contribution in [0.15, 0.2) is 96.2 Å². The third-order valence-corrected chi connectivity index (χ3v) is 12.4. The summed E-state index contributed by atoms with van der Waals surface area (Å²) in [5.74, 6) is -0.614. The fourth-order valence-electron chi connectivity index (χ4n) is 9.65. The van der Waals surface area contributed by atoms with Crippen molar-refractivity contribution in [1.29, 1.82) is 0 Å². The number of hydrogen-bond acceptors (Lipinski definition) is 13. The summed E-state index contributed by atoms with van der Waals surface area (Å²) in [7, 11) is 3.05. The van der Waals surface area contributed by atoms with Gasteiger partial charge >= 0.3 is 12.2 Å². The summed E-state index contributed by atoms with van der Waals surface area (Å²) >= 11 is 0. The number of ether oxygens (including phenoxy) is 7. The lowest BCUT2D eigenvalue weighted by atomic mass is 9.55. The molecule has 0 aromatic heterocycles. The maximum absolute atomic E-state index is 14.5. The monoisotopic (exact) mass is 913 g/mol. The number of methoxy groups -OCH3 is 2. The lowest BCUT2D eigenvalue weighted by molar-refractivity contribution is -0.255. The third-order valence-electron chi connectivity index (χ3n) is 12.4. The highest BCUT2D eigenvalue weighted by Crippen LogP contribution is 2.62. The summed E-state index contributed by atoms with van der Waals surface area (Å²) in [6, 6.07) is 19.4. The van der Waals surface area contributed by atoms with Gasteiger partial charge in [-0.1, -0.05) is 67.4 Å². The molecule has 1 aliphatic heterocycles. The number of aliphatic hydroxyl groups is 2. The second kappa shape index (κ2) is 24.8. The van der Waals surface area contributed by atoms with E-state index in [2.05, 4.69) is 18.0 Å². The first-order valence-corrected chi connectivity index (χ1v) is 23.2. The van der Waals surface area contributed by atoms with Crippen molar-refractivity contribution < 1.29 is 57.8 Å². The largest absolute Gasteiger partial charge is 0.497 e. The molecular formula is C51H67N3O12. The normalized spacial score (nSPS) is 22.2. The Morgan fingerprint density at radius 1 is 0.955 bits per heavy atom. The number of benzene rings is 3. The molecule has 0 spiro atoms. The smallest absolute Gasteiger partial charge is 0.417 e. The molecule has 1 saturated carbocycles. The maximum Gasteiger partial charge on any atom is 0.417 e. The highest BCUT2D eigenvalue weighted by atomic mass is 16.7. The van der Waals surface area contributed by atoms with Crippen molar-refractivity contribution in [3.05, 3.63) is 102 Å². The lowest BCUT2D eigenvalue weighted by Crippen LogP contribution is -2.70. The standard InChI is InChI=1S/C51H67N3O12/c1-6-24-54(50(58)62-29-28-61-34-35-16-10-9-11-17-35)46-33-43(53-64-8-3)40-30-36(18-12-14-25-55)39(19-13-15-26-56)47-41-31-38(21-23-44(41)66-51(46,48(40)47)63-27-7-2)65-49(57)52-42-22-20-37(59-4)32-45(42)60-5/h7,9-11,16-17,20-23,30-32,36,39,46-48,55-56H,2,6,8,12-15,18-19,24-29,33-34H2,1,3-5H3,(H,52,57)/t36-,39+,46-,47+,48+,51+/m0/s1. The Labute approximate surface area is 388 Å². The van der Waals surface area contributed by atoms with E-state index in [9.17, 15) is 19.8 Å². The van der Waals surface area contributed by atoms with Crippen molar-refractivity contribution in [1.82, 2.24) is 4.90 Å². The molecule has 2 aliphatic carbocycles. The summed E-state index contributed by atoms with van der Waals surface area (Å²) in [6.45, 7) is 9.38. The average molecular weight is 914 g/mol. The van der Waals surface area contributed by atoms with E-state index in [1.54, 1.807) is 48.4 Å². The Morgan fingerprint density at radius 2 is 1.73 bits per heavy atom. The number of nitrogens with one attached hydrogen (secondary N) is 1. The molecule has 0 saturated heterocycles. The van der Waals surface area contributed by atoms with Crippen LogP contribution in [0.25, 0.3) is 0 Å². The first-order chi connectivity index (χ1) is 32.2. The van der Waals surface area contributed by atoms with Crippen molar-refractivity contribution in [2.45, 2.75) is 89.6 Å². The lowest BCUT2D eigenvalue weighted by Gasteiger charge is -2.59. The molecule has 0 unspecified atom stereocenters. The van der Waals surface area contributed by atoms with Crippen LogP contribution in [-0.4, -0.2) is 105 Å². The van der Waals surface area contributed by atoms with Crippen LogP contribution in [0.2, 0.25) is 0 Å². The molecule has 0 radical (unpaired) electrons. The molecule has 15 nitrogen and oxygen atoms in total. The van der Waals surface area contributed by atoms with E-state index in [4.69, 9.17) is 43.2 Å². The van der Waals surface area contributed by atoms with Gasteiger partial charge in [-0.3, -0.25) is 10.2 Å². The molecule has 6 rings (SSSR count). The molecule has 3 N–H and O–H groups in total. The summed E-state index contributed by atoms with van der Waals surface area (Å²) < 4.78 is 42.9. The Kier molecular flexibility index (Phi) is 18.7. The number of amides is 2. The minimum atomic E-state index is -1.48. The van der Waals surface area contributed by atoms with Gasteiger partial charge < -0.3 is 48.2 Å². The number of unbranched alkanes of at least 4 members (excludes halogenated alkanes) is 2. The van der Waals surface area contributed by atoms with Gasteiger partial charge in [-0.25, -0.2) is 9.59 Å². The molecule has 15 heteroatoms. The number of carbonyl (C=O) groups is 2. The predicted octanol–water partition coefficient (Wildman–Crippen LogP) is 9.03. The number of anilines is 1. The Morgan fingerprint density at radius 3 is 2.44 bits per heavy atom. The number of rotatable bonds is 25. The molecule has 1 heterocycles. The number of carbonyl (C=O) groups excluding carboxylic acids is 2. The molecule has 0 bridgehead atoms. The molecular weight excluding hydrogens is 847 g/mol. The van der Waals surface area contributed by atoms with Crippen LogP contribution in [0.4, 0.5) is 15.3 Å². The van der Waals surface area contributed by atoms with E-state index in [1.165, 1.54) is 7.11 Å². The van der Waals surface area contributed by atoms with E-state index < -0.39 is 29.9 Å². The van der Waals surface area contributed by atoms with Gasteiger partial charge in [0.2, 0.25) is 5.79 Å². The van der Waals surface area contributed by atoms with Crippen molar-refractivity contribution in [3.63, 3.8) is 0 Å². The van der Waals surface area contributed by atoms with Crippen LogP contribution in [0.3, 0.4) is 0 Å². The van der Waals surface area contributed by atoms with Crippen molar-refractivity contribution in [3.8, 4) is 23.0 Å². The zero-order chi connectivity index (χ0) is 46.9. The second-order valence-electron chi connectivity index (χ2n) is 16.6. The van der Waals surface area contributed by atoms with Crippen LogP contribution in [0.1, 0.15) is 82.3 Å². The second-order valence-corrected chi connectivity index (χ2v) is 16.6. The van der Waals surface area contributed by atoms with E-state index in [1.807, 2.05) is 50.2 Å². The summed E-state index contributed by atoms with van der Waals surface area (Å²) in [4.78, 5) is 35.6. The first kappa shape index (κ1) is 49.8. The van der Waals surface area contributed by atoms with Gasteiger partial charge in [-0.2, -0.15) is 0 Å². The number of oxime groups is 1. The van der Waals surface area contributed by atoms with E-state index in [0.29, 0.717) is 67.7 Å². The maximum atomic E-state index is 14.5. The van der Waals surface area contributed by atoms with Gasteiger partial charge in [0, 0.05) is 43.7 Å². The number of hydrogen-bond donors (Lipinski definition) is 3. The zero-order valence-electron chi connectivity index (χ0n) is 38.8. The fraction of sp³-hybridized carbons (Fsp3) is 0.510. The number of fused-ring (bicyclic) bond motifs is 2. The Balaban J connectivity index is 1.44. The van der Waals surface area contributed by atoms with E-state index >= 15 is 0 Å². The van der Waals surface area contributed by atoms with Crippen molar-refractivity contribution >= 4 is 23.6 Å².